The van der Waals surface area contributed by atoms with Gasteiger partial charge in [-0.1, -0.05) is 35.0 Å². The summed E-state index contributed by atoms with van der Waals surface area (Å²) >= 11 is 3.12. The lowest BCUT2D eigenvalue weighted by atomic mass is 10.0. The van der Waals surface area contributed by atoms with E-state index in [0.29, 0.717) is 28.5 Å². The van der Waals surface area contributed by atoms with Crippen molar-refractivity contribution < 1.29 is 14.4 Å². The normalized spacial score (nSPS) is 11.7. The highest BCUT2D eigenvalue weighted by molar-refractivity contribution is 7.99. The molecule has 0 aliphatic rings. The Hall–Kier alpha value is -3.29. The van der Waals surface area contributed by atoms with E-state index in [0.717, 1.165) is 14.3 Å². The Morgan fingerprint density at radius 2 is 1.74 bits per heavy atom. The molecule has 7 heteroatoms. The third-order valence-electron chi connectivity index (χ3n) is 5.31. The highest BCUT2D eigenvalue weighted by atomic mass is 32.2. The minimum atomic E-state index is -0.596. The van der Waals surface area contributed by atoms with Gasteiger partial charge in [-0.2, -0.15) is 0 Å². The van der Waals surface area contributed by atoms with E-state index in [1.165, 1.54) is 29.4 Å². The standard InChI is InChI=1S/C27H23NO4S2/c1-16-8-10-23(17(2)14-16)33-13-12-22(28-32-18(3)29)26(30)19-9-11-25-21(15-19)27(31)20-6-4-5-7-24(20)34-25/h4-11,14-15H,12-13H2,1-3H3/b28-22+. The minimum Gasteiger partial charge on any atom is -0.318 e. The molecule has 0 fully saturated rings. The first-order chi connectivity index (χ1) is 16.3. The molecule has 0 bridgehead atoms. The number of ketones is 1. The molecule has 34 heavy (non-hydrogen) atoms. The van der Waals surface area contributed by atoms with Gasteiger partial charge in [0.25, 0.3) is 0 Å². The molecule has 0 atom stereocenters. The van der Waals surface area contributed by atoms with E-state index in [4.69, 9.17) is 4.84 Å². The molecule has 5 nitrogen and oxygen atoms in total. The number of rotatable bonds is 7. The van der Waals surface area contributed by atoms with E-state index in [9.17, 15) is 14.4 Å². The molecule has 1 aromatic heterocycles. The number of aryl methyl sites for hydroxylation is 2. The zero-order valence-corrected chi connectivity index (χ0v) is 20.7. The molecular formula is C27H23NO4S2. The summed E-state index contributed by atoms with van der Waals surface area (Å²) < 4.78 is 1.71. The first-order valence-electron chi connectivity index (χ1n) is 10.8. The molecular weight excluding hydrogens is 466 g/mol. The van der Waals surface area contributed by atoms with Crippen LogP contribution in [-0.2, 0) is 9.63 Å². The van der Waals surface area contributed by atoms with Gasteiger partial charge in [0.15, 0.2) is 5.43 Å². The van der Waals surface area contributed by atoms with Gasteiger partial charge in [-0.05, 0) is 55.8 Å². The molecule has 0 aliphatic heterocycles. The summed E-state index contributed by atoms with van der Waals surface area (Å²) in [6.07, 6.45) is 0.312. The van der Waals surface area contributed by atoms with Gasteiger partial charge < -0.3 is 4.84 Å². The number of hydrogen-bond donors (Lipinski definition) is 0. The second-order valence-electron chi connectivity index (χ2n) is 7.96. The van der Waals surface area contributed by atoms with Crippen LogP contribution >= 0.6 is 23.1 Å². The molecule has 0 N–H and O–H groups in total. The van der Waals surface area contributed by atoms with E-state index in [1.54, 1.807) is 36.0 Å². The zero-order chi connectivity index (χ0) is 24.2. The van der Waals surface area contributed by atoms with Crippen LogP contribution in [-0.4, -0.2) is 23.2 Å². The molecule has 4 aromatic rings. The zero-order valence-electron chi connectivity index (χ0n) is 19.1. The maximum absolute atomic E-state index is 13.3. The van der Waals surface area contributed by atoms with Gasteiger partial charge in [0.05, 0.1) is 0 Å². The van der Waals surface area contributed by atoms with Crippen molar-refractivity contribution in [2.24, 2.45) is 5.16 Å². The van der Waals surface area contributed by atoms with Crippen LogP contribution in [0.2, 0.25) is 0 Å². The number of oxime groups is 1. The fraction of sp³-hybridized carbons (Fsp3) is 0.185. The molecule has 0 saturated heterocycles. The van der Waals surface area contributed by atoms with Crippen LogP contribution < -0.4 is 5.43 Å². The lowest BCUT2D eigenvalue weighted by Crippen LogP contribution is -2.17. The number of Topliss-reactive ketones (excluding diaryl/α,β-unsaturated/α-hetero) is 1. The van der Waals surface area contributed by atoms with Crippen molar-refractivity contribution in [2.75, 3.05) is 5.75 Å². The average Bonchev–Trinajstić information content (AvgIpc) is 2.82. The predicted molar refractivity (Wildman–Crippen MR) is 140 cm³/mol. The van der Waals surface area contributed by atoms with Gasteiger partial charge in [0.2, 0.25) is 5.78 Å². The van der Waals surface area contributed by atoms with Crippen molar-refractivity contribution in [3.05, 3.63) is 87.6 Å². The highest BCUT2D eigenvalue weighted by Gasteiger charge is 2.18. The van der Waals surface area contributed by atoms with Crippen LogP contribution in [0.4, 0.5) is 0 Å². The first kappa shape index (κ1) is 23.9. The van der Waals surface area contributed by atoms with Crippen LogP contribution in [0.15, 0.2) is 75.5 Å². The minimum absolute atomic E-state index is 0.108. The molecule has 4 rings (SSSR count). The summed E-state index contributed by atoms with van der Waals surface area (Å²) in [6.45, 7) is 5.33. The summed E-state index contributed by atoms with van der Waals surface area (Å²) in [6, 6.07) is 18.7. The van der Waals surface area contributed by atoms with Gasteiger partial charge >= 0.3 is 5.97 Å². The summed E-state index contributed by atoms with van der Waals surface area (Å²) in [7, 11) is 0. The Bertz CT molecular complexity index is 1500. The summed E-state index contributed by atoms with van der Waals surface area (Å²) in [4.78, 5) is 43.6. The summed E-state index contributed by atoms with van der Waals surface area (Å²) in [5, 5.41) is 4.97. The van der Waals surface area contributed by atoms with Gasteiger partial charge in [-0.25, -0.2) is 4.79 Å². The van der Waals surface area contributed by atoms with Crippen molar-refractivity contribution in [1.29, 1.82) is 0 Å². The molecule has 1 heterocycles. The molecule has 0 amide bonds. The quantitative estimate of drug-likeness (QED) is 0.0759. The fourth-order valence-electron chi connectivity index (χ4n) is 3.65. The van der Waals surface area contributed by atoms with Crippen molar-refractivity contribution in [3.8, 4) is 0 Å². The van der Waals surface area contributed by atoms with Crippen LogP contribution in [0.25, 0.3) is 20.2 Å². The van der Waals surface area contributed by atoms with Crippen molar-refractivity contribution in [3.63, 3.8) is 0 Å². The van der Waals surface area contributed by atoms with Gasteiger partial charge in [-0.3, -0.25) is 9.59 Å². The number of thioether (sulfide) groups is 1. The third kappa shape index (κ3) is 5.26. The maximum Gasteiger partial charge on any atom is 0.331 e. The Morgan fingerprint density at radius 1 is 0.971 bits per heavy atom. The van der Waals surface area contributed by atoms with Crippen LogP contribution in [0.5, 0.6) is 0 Å². The first-order valence-corrected chi connectivity index (χ1v) is 12.6. The van der Waals surface area contributed by atoms with E-state index < -0.39 is 5.97 Å². The smallest absolute Gasteiger partial charge is 0.318 e. The largest absolute Gasteiger partial charge is 0.331 e. The number of fused-ring (bicyclic) bond motifs is 2. The second kappa shape index (κ2) is 10.3. The maximum atomic E-state index is 13.3. The summed E-state index contributed by atoms with van der Waals surface area (Å²) in [5.74, 6) is -0.370. The lowest BCUT2D eigenvalue weighted by molar-refractivity contribution is -0.140. The summed E-state index contributed by atoms with van der Waals surface area (Å²) in [5.41, 5.74) is 2.73. The van der Waals surface area contributed by atoms with E-state index in [-0.39, 0.29) is 16.9 Å². The third-order valence-corrected chi connectivity index (χ3v) is 7.64. The predicted octanol–water partition coefficient (Wildman–Crippen LogP) is 6.32. The number of benzene rings is 3. The number of carbonyl (C=O) groups excluding carboxylic acids is 2. The fourth-order valence-corrected chi connectivity index (χ4v) is 5.67. The molecule has 0 spiro atoms. The van der Waals surface area contributed by atoms with Crippen LogP contribution in [0.3, 0.4) is 0 Å². The number of carbonyl (C=O) groups is 2. The van der Waals surface area contributed by atoms with Gasteiger partial charge in [0, 0.05) is 49.7 Å². The van der Waals surface area contributed by atoms with E-state index in [2.05, 4.69) is 30.3 Å². The van der Waals surface area contributed by atoms with E-state index >= 15 is 0 Å². The van der Waals surface area contributed by atoms with Crippen LogP contribution in [0, 0.1) is 13.8 Å². The number of nitrogens with zero attached hydrogens (tertiary/aromatic N) is 1. The molecule has 0 unspecified atom stereocenters. The average molecular weight is 490 g/mol. The molecule has 0 aliphatic carbocycles. The van der Waals surface area contributed by atoms with Gasteiger partial charge in [0.1, 0.15) is 5.71 Å². The van der Waals surface area contributed by atoms with E-state index in [1.807, 2.05) is 25.1 Å². The lowest BCUT2D eigenvalue weighted by Gasteiger charge is -2.09. The Morgan fingerprint density at radius 3 is 2.50 bits per heavy atom. The monoisotopic (exact) mass is 489 g/mol. The SMILES string of the molecule is CC(=O)O/N=C(\CCSc1ccc(C)cc1C)C(=O)c1ccc2sc3ccccc3c(=O)c2c1. The molecule has 0 radical (unpaired) electrons. The Labute approximate surface area is 205 Å². The molecule has 3 aromatic carbocycles. The van der Waals surface area contributed by atoms with Crippen molar-refractivity contribution in [1.82, 2.24) is 0 Å². The van der Waals surface area contributed by atoms with Crippen LogP contribution in [0.1, 0.15) is 34.8 Å². The Balaban J connectivity index is 1.62. The molecule has 0 saturated carbocycles. The number of hydrogen-bond acceptors (Lipinski definition) is 7. The van der Waals surface area contributed by atoms with Crippen molar-refractivity contribution in [2.45, 2.75) is 32.1 Å². The Kier molecular flexibility index (Phi) is 7.24. The highest BCUT2D eigenvalue weighted by Crippen LogP contribution is 2.27. The topological polar surface area (TPSA) is 72.8 Å². The van der Waals surface area contributed by atoms with Gasteiger partial charge in [-0.15, -0.1) is 23.1 Å². The second-order valence-corrected chi connectivity index (χ2v) is 10.2. The van der Waals surface area contributed by atoms with Crippen molar-refractivity contribution >= 4 is 60.7 Å². The molecule has 172 valence electrons.